The molecule has 1 unspecified atom stereocenters. The summed E-state index contributed by atoms with van der Waals surface area (Å²) in [6.45, 7) is 4.13. The predicted octanol–water partition coefficient (Wildman–Crippen LogP) is 4.72. The van der Waals surface area contributed by atoms with Crippen LogP contribution in [-0.4, -0.2) is 6.04 Å². The Labute approximate surface area is 125 Å². The number of benzene rings is 2. The van der Waals surface area contributed by atoms with Gasteiger partial charge in [0.05, 0.1) is 0 Å². The smallest absolute Gasteiger partial charge is 0.132 e. The fraction of sp³-hybridized carbons (Fsp3) is 0.294. The second-order valence-electron chi connectivity index (χ2n) is 5.04. The molecule has 2 aromatic rings. The van der Waals surface area contributed by atoms with E-state index in [9.17, 15) is 0 Å². The molecule has 0 heterocycles. The zero-order valence-electron chi connectivity index (χ0n) is 11.9. The van der Waals surface area contributed by atoms with Gasteiger partial charge in [0, 0.05) is 11.1 Å². The fourth-order valence-electron chi connectivity index (χ4n) is 1.95. The van der Waals surface area contributed by atoms with Crippen molar-refractivity contribution in [2.75, 3.05) is 0 Å². The van der Waals surface area contributed by atoms with E-state index in [1.54, 1.807) is 0 Å². The van der Waals surface area contributed by atoms with E-state index in [0.717, 1.165) is 29.9 Å². The van der Waals surface area contributed by atoms with E-state index in [1.807, 2.05) is 42.5 Å². The number of hydrogen-bond acceptors (Lipinski definition) is 2. The zero-order valence-corrected chi connectivity index (χ0v) is 12.7. The highest BCUT2D eigenvalue weighted by Gasteiger charge is 2.09. The zero-order chi connectivity index (χ0) is 14.5. The molecule has 0 aliphatic heterocycles. The Bertz CT molecular complexity index is 566. The van der Waals surface area contributed by atoms with Crippen LogP contribution in [0.1, 0.15) is 24.5 Å². The number of halogens is 1. The maximum absolute atomic E-state index is 6.07. The van der Waals surface area contributed by atoms with E-state index >= 15 is 0 Å². The van der Waals surface area contributed by atoms with E-state index in [0.29, 0.717) is 5.02 Å². The molecule has 0 aromatic heterocycles. The van der Waals surface area contributed by atoms with Crippen molar-refractivity contribution in [2.24, 2.45) is 5.73 Å². The van der Waals surface area contributed by atoms with E-state index < -0.39 is 0 Å². The summed E-state index contributed by atoms with van der Waals surface area (Å²) in [6, 6.07) is 13.8. The topological polar surface area (TPSA) is 35.2 Å². The molecule has 0 spiro atoms. The van der Waals surface area contributed by atoms with Crippen molar-refractivity contribution in [1.29, 1.82) is 0 Å². The summed E-state index contributed by atoms with van der Waals surface area (Å²) in [6.07, 6.45) is 1.72. The summed E-state index contributed by atoms with van der Waals surface area (Å²) in [5.74, 6) is 1.59. The molecule has 2 rings (SSSR count). The summed E-state index contributed by atoms with van der Waals surface area (Å²) in [5, 5.41) is 0.668. The van der Waals surface area contributed by atoms with E-state index in [1.165, 1.54) is 5.56 Å². The van der Waals surface area contributed by atoms with Crippen LogP contribution in [0.15, 0.2) is 42.5 Å². The number of rotatable bonds is 5. The van der Waals surface area contributed by atoms with Crippen LogP contribution in [0, 0.1) is 6.92 Å². The summed E-state index contributed by atoms with van der Waals surface area (Å²) in [7, 11) is 0. The van der Waals surface area contributed by atoms with Crippen LogP contribution in [0.25, 0.3) is 0 Å². The molecule has 20 heavy (non-hydrogen) atoms. The average Bonchev–Trinajstić information content (AvgIpc) is 2.44. The molecule has 2 N–H and O–H groups in total. The molecule has 0 fully saturated rings. The van der Waals surface area contributed by atoms with Crippen molar-refractivity contribution in [3.05, 3.63) is 58.6 Å². The first kappa shape index (κ1) is 14.9. The molecule has 0 amide bonds. The van der Waals surface area contributed by atoms with Gasteiger partial charge in [0.1, 0.15) is 11.5 Å². The van der Waals surface area contributed by atoms with Gasteiger partial charge in [0.2, 0.25) is 0 Å². The minimum absolute atomic E-state index is 0.136. The molecule has 2 nitrogen and oxygen atoms in total. The van der Waals surface area contributed by atoms with Crippen LogP contribution < -0.4 is 10.5 Å². The van der Waals surface area contributed by atoms with Crippen LogP contribution in [0.5, 0.6) is 11.5 Å². The van der Waals surface area contributed by atoms with E-state index in [4.69, 9.17) is 22.1 Å². The summed E-state index contributed by atoms with van der Waals surface area (Å²) >= 11 is 6.07. The number of ether oxygens (including phenoxy) is 1. The Morgan fingerprint density at radius 2 is 1.85 bits per heavy atom. The van der Waals surface area contributed by atoms with Gasteiger partial charge in [-0.25, -0.2) is 0 Å². The van der Waals surface area contributed by atoms with Gasteiger partial charge in [-0.2, -0.15) is 0 Å². The lowest BCUT2D eigenvalue weighted by Crippen LogP contribution is -2.21. The number of nitrogens with two attached hydrogens (primary N) is 1. The third-order valence-electron chi connectivity index (χ3n) is 3.28. The molecular weight excluding hydrogens is 270 g/mol. The molecule has 0 saturated carbocycles. The van der Waals surface area contributed by atoms with Gasteiger partial charge in [0.15, 0.2) is 0 Å². The van der Waals surface area contributed by atoms with Crippen LogP contribution in [0.3, 0.4) is 0 Å². The highest BCUT2D eigenvalue weighted by molar-refractivity contribution is 6.30. The van der Waals surface area contributed by atoms with Gasteiger partial charge in [-0.05, 0) is 49.6 Å². The largest absolute Gasteiger partial charge is 0.457 e. The first-order valence-corrected chi connectivity index (χ1v) is 7.25. The normalized spacial score (nSPS) is 12.2. The minimum Gasteiger partial charge on any atom is -0.457 e. The summed E-state index contributed by atoms with van der Waals surface area (Å²) in [4.78, 5) is 0. The van der Waals surface area contributed by atoms with Gasteiger partial charge < -0.3 is 10.5 Å². The lowest BCUT2D eigenvalue weighted by Gasteiger charge is -2.14. The van der Waals surface area contributed by atoms with Gasteiger partial charge in [-0.15, -0.1) is 0 Å². The Kier molecular flexibility index (Phi) is 5.05. The number of hydrogen-bond donors (Lipinski definition) is 1. The second-order valence-corrected chi connectivity index (χ2v) is 5.48. The van der Waals surface area contributed by atoms with E-state index in [2.05, 4.69) is 13.8 Å². The van der Waals surface area contributed by atoms with Gasteiger partial charge in [-0.1, -0.05) is 42.3 Å². The third-order valence-corrected chi connectivity index (χ3v) is 3.52. The summed E-state index contributed by atoms with van der Waals surface area (Å²) in [5.41, 5.74) is 8.33. The molecule has 0 bridgehead atoms. The Morgan fingerprint density at radius 3 is 2.50 bits per heavy atom. The van der Waals surface area contributed by atoms with Crippen LogP contribution in [0.4, 0.5) is 0 Å². The Hall–Kier alpha value is -1.51. The molecule has 0 aliphatic rings. The van der Waals surface area contributed by atoms with Gasteiger partial charge in [0.25, 0.3) is 0 Å². The Morgan fingerprint density at radius 1 is 1.15 bits per heavy atom. The molecule has 0 saturated heterocycles. The molecule has 106 valence electrons. The molecule has 2 aromatic carbocycles. The van der Waals surface area contributed by atoms with Crippen molar-refractivity contribution in [3.8, 4) is 11.5 Å². The van der Waals surface area contributed by atoms with Gasteiger partial charge >= 0.3 is 0 Å². The molecule has 0 aliphatic carbocycles. The summed E-state index contributed by atoms with van der Waals surface area (Å²) < 4.78 is 5.95. The van der Waals surface area contributed by atoms with E-state index in [-0.39, 0.29) is 6.04 Å². The Balaban J connectivity index is 2.24. The lowest BCUT2D eigenvalue weighted by atomic mass is 10.0. The molecule has 1 atom stereocenters. The van der Waals surface area contributed by atoms with Crippen molar-refractivity contribution in [3.63, 3.8) is 0 Å². The molecular formula is C17H20ClNO. The van der Waals surface area contributed by atoms with Crippen LogP contribution in [0.2, 0.25) is 5.02 Å². The van der Waals surface area contributed by atoms with Crippen molar-refractivity contribution < 1.29 is 4.74 Å². The fourth-order valence-corrected chi connectivity index (χ4v) is 2.11. The third kappa shape index (κ3) is 3.99. The highest BCUT2D eigenvalue weighted by atomic mass is 35.5. The lowest BCUT2D eigenvalue weighted by molar-refractivity contribution is 0.472. The van der Waals surface area contributed by atoms with Crippen molar-refractivity contribution in [1.82, 2.24) is 0 Å². The molecule has 0 radical (unpaired) electrons. The maximum Gasteiger partial charge on any atom is 0.132 e. The second kappa shape index (κ2) is 6.78. The van der Waals surface area contributed by atoms with Crippen LogP contribution in [-0.2, 0) is 6.42 Å². The maximum atomic E-state index is 6.07. The monoisotopic (exact) mass is 289 g/mol. The number of aryl methyl sites for hydroxylation is 1. The van der Waals surface area contributed by atoms with Gasteiger partial charge in [-0.3, -0.25) is 0 Å². The minimum atomic E-state index is 0.136. The molecule has 3 heteroatoms. The quantitative estimate of drug-likeness (QED) is 0.864. The first-order valence-electron chi connectivity index (χ1n) is 6.87. The standard InChI is InChI=1S/C17H20ClNO/c1-3-15(19)10-13-6-7-14(18)11-17(13)20-16-8-4-12(2)5-9-16/h4-9,11,15H,3,10,19H2,1-2H3. The predicted molar refractivity (Wildman–Crippen MR) is 84.7 cm³/mol. The average molecular weight is 290 g/mol. The van der Waals surface area contributed by atoms with Crippen LogP contribution >= 0.6 is 11.6 Å². The van der Waals surface area contributed by atoms with Crippen molar-refractivity contribution >= 4 is 11.6 Å². The van der Waals surface area contributed by atoms with Crippen molar-refractivity contribution in [2.45, 2.75) is 32.7 Å². The first-order chi connectivity index (χ1) is 9.58. The highest BCUT2D eigenvalue weighted by Crippen LogP contribution is 2.29. The SMILES string of the molecule is CCC(N)Cc1ccc(Cl)cc1Oc1ccc(C)cc1.